The van der Waals surface area contributed by atoms with Gasteiger partial charge >= 0.3 is 0 Å². The van der Waals surface area contributed by atoms with Crippen molar-refractivity contribution in [1.82, 2.24) is 4.98 Å². The molecule has 0 spiro atoms. The van der Waals surface area contributed by atoms with Crippen LogP contribution in [-0.2, 0) is 23.6 Å². The first-order valence-corrected chi connectivity index (χ1v) is 13.0. The van der Waals surface area contributed by atoms with Crippen molar-refractivity contribution >= 4 is 47.5 Å². The third-order valence-electron chi connectivity index (χ3n) is 6.22. The topological polar surface area (TPSA) is 43.8 Å². The molecule has 4 aromatic rings. The zero-order valence-electron chi connectivity index (χ0n) is 19.2. The number of nitrogens with zero attached hydrogens (tertiary/aromatic N) is 2. The number of hydrogen-bond acceptors (Lipinski definition) is 6. The SMILES string of the molecule is COc1ccc(CSc2cc(F)c3c(c2)P=C2OCc4cnc5cccc(OC)c5c4N2C3)cc1. The second-order valence-electron chi connectivity index (χ2n) is 8.30. The molecule has 1 aromatic heterocycles. The molecule has 0 aliphatic carbocycles. The number of benzene rings is 3. The van der Waals surface area contributed by atoms with E-state index in [-0.39, 0.29) is 5.82 Å². The van der Waals surface area contributed by atoms with Gasteiger partial charge < -0.3 is 19.1 Å². The van der Waals surface area contributed by atoms with E-state index >= 15 is 4.39 Å². The maximum Gasteiger partial charge on any atom is 0.176 e. The quantitative estimate of drug-likeness (QED) is 0.249. The molecule has 6 rings (SSSR count). The number of rotatable bonds is 5. The molecular weight excluding hydrogens is 482 g/mol. The monoisotopic (exact) mass is 504 g/mol. The lowest BCUT2D eigenvalue weighted by Crippen LogP contribution is -2.40. The standard InChI is InChI=1S/C27H22FN2O3PS/c1-31-18-8-6-16(7-9-18)15-35-19-10-21(28)20-13-30-26-17(14-33-27(30)34-24(20)11-19)12-29-22-4-3-5-23(32-2)25(22)26/h3-12H,13-15H2,1-2H3. The fraction of sp³-hybridized carbons (Fsp3) is 0.185. The zero-order valence-corrected chi connectivity index (χ0v) is 21.0. The van der Waals surface area contributed by atoms with Gasteiger partial charge in [0.05, 0.1) is 44.0 Å². The molecule has 0 N–H and O–H groups in total. The Morgan fingerprint density at radius 1 is 1.11 bits per heavy atom. The minimum Gasteiger partial charge on any atom is -0.497 e. The van der Waals surface area contributed by atoms with Crippen LogP contribution in [0.1, 0.15) is 16.7 Å². The first-order chi connectivity index (χ1) is 17.1. The third-order valence-corrected chi connectivity index (χ3v) is 8.47. The van der Waals surface area contributed by atoms with Gasteiger partial charge in [-0.2, -0.15) is 0 Å². The molecule has 0 amide bonds. The van der Waals surface area contributed by atoms with Crippen molar-refractivity contribution in [2.45, 2.75) is 23.8 Å². The Balaban J connectivity index is 1.34. The Kier molecular flexibility index (Phi) is 5.85. The van der Waals surface area contributed by atoms with Gasteiger partial charge in [-0.25, -0.2) is 4.39 Å². The number of fused-ring (bicyclic) bond motifs is 6. The highest BCUT2D eigenvalue weighted by molar-refractivity contribution is 7.98. The first kappa shape index (κ1) is 22.4. The average molecular weight is 505 g/mol. The van der Waals surface area contributed by atoms with Gasteiger partial charge in [-0.15, -0.1) is 11.8 Å². The molecule has 0 saturated carbocycles. The summed E-state index contributed by atoms with van der Waals surface area (Å²) in [7, 11) is 4.17. The van der Waals surface area contributed by atoms with E-state index < -0.39 is 0 Å². The van der Waals surface area contributed by atoms with Crippen LogP contribution in [0.25, 0.3) is 10.9 Å². The third kappa shape index (κ3) is 4.04. The van der Waals surface area contributed by atoms with Gasteiger partial charge in [-0.3, -0.25) is 4.98 Å². The zero-order chi connectivity index (χ0) is 23.9. The number of anilines is 1. The molecule has 8 heteroatoms. The maximum atomic E-state index is 15.4. The second kappa shape index (κ2) is 9.15. The average Bonchev–Trinajstić information content (AvgIpc) is 2.90. The smallest absolute Gasteiger partial charge is 0.176 e. The van der Waals surface area contributed by atoms with Crippen molar-refractivity contribution in [2.24, 2.45) is 0 Å². The molecule has 5 nitrogen and oxygen atoms in total. The number of aromatic nitrogens is 1. The predicted octanol–water partition coefficient (Wildman–Crippen LogP) is 5.89. The Morgan fingerprint density at radius 3 is 2.77 bits per heavy atom. The van der Waals surface area contributed by atoms with E-state index in [0.29, 0.717) is 18.7 Å². The van der Waals surface area contributed by atoms with Gasteiger partial charge in [-0.1, -0.05) is 18.2 Å². The minimum atomic E-state index is -0.191. The van der Waals surface area contributed by atoms with E-state index in [1.807, 2.05) is 48.7 Å². The highest BCUT2D eigenvalue weighted by atomic mass is 32.2. The van der Waals surface area contributed by atoms with Crippen molar-refractivity contribution in [3.63, 3.8) is 0 Å². The summed E-state index contributed by atoms with van der Waals surface area (Å²) in [6.45, 7) is 0.829. The summed E-state index contributed by atoms with van der Waals surface area (Å²) >= 11 is 1.62. The van der Waals surface area contributed by atoms with E-state index in [4.69, 9.17) is 14.2 Å². The van der Waals surface area contributed by atoms with Crippen LogP contribution >= 0.6 is 20.0 Å². The van der Waals surface area contributed by atoms with E-state index in [1.165, 1.54) is 0 Å². The molecule has 2 aliphatic rings. The molecule has 0 bridgehead atoms. The van der Waals surface area contributed by atoms with Crippen LogP contribution in [-0.4, -0.2) is 24.8 Å². The number of methoxy groups -OCH3 is 2. The number of ether oxygens (including phenoxy) is 3. The van der Waals surface area contributed by atoms with Gasteiger partial charge in [0.25, 0.3) is 0 Å². The molecule has 0 atom stereocenters. The summed E-state index contributed by atoms with van der Waals surface area (Å²) in [5, 5.41) is 1.88. The van der Waals surface area contributed by atoms with Crippen LogP contribution in [0.5, 0.6) is 11.5 Å². The van der Waals surface area contributed by atoms with Crippen molar-refractivity contribution in [2.75, 3.05) is 19.1 Å². The van der Waals surface area contributed by atoms with Crippen LogP contribution in [0, 0.1) is 5.82 Å². The van der Waals surface area contributed by atoms with E-state index in [0.717, 1.165) is 69.0 Å². The minimum absolute atomic E-state index is 0.191. The van der Waals surface area contributed by atoms with Crippen LogP contribution in [0.2, 0.25) is 0 Å². The molecule has 0 saturated heterocycles. The lowest BCUT2D eigenvalue weighted by Gasteiger charge is -2.36. The van der Waals surface area contributed by atoms with Gasteiger partial charge in [0.1, 0.15) is 17.3 Å². The Labute approximate surface area is 208 Å². The van der Waals surface area contributed by atoms with Gasteiger partial charge in [0, 0.05) is 33.3 Å². The highest BCUT2D eigenvalue weighted by Crippen LogP contribution is 2.42. The van der Waals surface area contributed by atoms with Gasteiger partial charge in [0.15, 0.2) is 5.60 Å². The van der Waals surface area contributed by atoms with Crippen LogP contribution in [0.3, 0.4) is 0 Å². The number of pyridine rings is 1. The van der Waals surface area contributed by atoms with Gasteiger partial charge in [0.2, 0.25) is 0 Å². The van der Waals surface area contributed by atoms with E-state index in [9.17, 15) is 0 Å². The molecule has 0 fully saturated rings. The van der Waals surface area contributed by atoms with Crippen molar-refractivity contribution in [3.05, 3.63) is 83.3 Å². The van der Waals surface area contributed by atoms with Gasteiger partial charge in [-0.05, 0) is 50.2 Å². The summed E-state index contributed by atoms with van der Waals surface area (Å²) in [5.41, 5.74) is 5.47. The van der Waals surface area contributed by atoms with E-state index in [1.54, 1.807) is 32.0 Å². The summed E-state index contributed by atoms with van der Waals surface area (Å²) < 4.78 is 32.4. The number of thioether (sulfide) groups is 1. The Hall–Kier alpha value is -3.12. The fourth-order valence-electron chi connectivity index (χ4n) is 4.46. The number of halogens is 1. The highest BCUT2D eigenvalue weighted by Gasteiger charge is 2.31. The maximum absolute atomic E-state index is 15.4. The summed E-state index contributed by atoms with van der Waals surface area (Å²) in [6.07, 6.45) is 1.84. The van der Waals surface area contributed by atoms with Crippen LogP contribution < -0.4 is 19.7 Å². The molecule has 35 heavy (non-hydrogen) atoms. The summed E-state index contributed by atoms with van der Waals surface area (Å²) in [4.78, 5) is 7.57. The Morgan fingerprint density at radius 2 is 1.97 bits per heavy atom. The molecule has 3 aromatic carbocycles. The summed E-state index contributed by atoms with van der Waals surface area (Å²) in [6, 6.07) is 17.5. The van der Waals surface area contributed by atoms with Crippen molar-refractivity contribution in [1.29, 1.82) is 0 Å². The van der Waals surface area contributed by atoms with Crippen molar-refractivity contribution in [3.8, 4) is 11.5 Å². The number of hydrogen-bond donors (Lipinski definition) is 0. The molecule has 176 valence electrons. The first-order valence-electron chi connectivity index (χ1n) is 11.2. The molecule has 3 heterocycles. The molecule has 0 radical (unpaired) electrons. The predicted molar refractivity (Wildman–Crippen MR) is 140 cm³/mol. The van der Waals surface area contributed by atoms with Crippen LogP contribution in [0.4, 0.5) is 10.1 Å². The van der Waals surface area contributed by atoms with Crippen LogP contribution in [0.15, 0.2) is 65.7 Å². The molecule has 0 unspecified atom stereocenters. The van der Waals surface area contributed by atoms with E-state index in [2.05, 4.69) is 16.0 Å². The molecule has 2 aliphatic heterocycles. The van der Waals surface area contributed by atoms with Crippen molar-refractivity contribution < 1.29 is 18.6 Å². The Bertz CT molecular complexity index is 1480. The lowest BCUT2D eigenvalue weighted by atomic mass is 10.1. The molecular formula is C27H22FN2O3PS. The normalized spacial score (nSPS) is 14.6. The second-order valence-corrected chi connectivity index (χ2v) is 10.4. The fourth-order valence-corrected chi connectivity index (χ4v) is 6.60. The largest absolute Gasteiger partial charge is 0.497 e. The summed E-state index contributed by atoms with van der Waals surface area (Å²) in [5.74, 6) is 2.14. The lowest BCUT2D eigenvalue weighted by molar-refractivity contribution is 0.283.